The van der Waals surface area contributed by atoms with Crippen LogP contribution in [0.25, 0.3) is 0 Å². The van der Waals surface area contributed by atoms with E-state index in [2.05, 4.69) is 48.9 Å². The molecule has 0 aliphatic heterocycles. The van der Waals surface area contributed by atoms with E-state index in [1.165, 1.54) is 0 Å². The molecule has 1 amide bonds. The van der Waals surface area contributed by atoms with Gasteiger partial charge in [0.2, 0.25) is 0 Å². The van der Waals surface area contributed by atoms with E-state index < -0.39 is 0 Å². The van der Waals surface area contributed by atoms with E-state index in [1.54, 1.807) is 18.2 Å². The molecule has 1 aromatic carbocycles. The lowest BCUT2D eigenvalue weighted by Gasteiger charge is -2.09. The second-order valence-electron chi connectivity index (χ2n) is 6.41. The minimum Gasteiger partial charge on any atom is -0.398 e. The predicted molar refractivity (Wildman–Crippen MR) is 81.9 cm³/mol. The summed E-state index contributed by atoms with van der Waals surface area (Å²) in [6.45, 7) is 9.71. The van der Waals surface area contributed by atoms with Crippen molar-refractivity contribution in [3.8, 4) is 0 Å². The highest BCUT2D eigenvalue weighted by molar-refractivity contribution is 9.10. The largest absolute Gasteiger partial charge is 0.398 e. The Kier molecular flexibility index (Phi) is 3.42. The van der Waals surface area contributed by atoms with Gasteiger partial charge in [0.05, 0.1) is 10.0 Å². The zero-order valence-electron chi connectivity index (χ0n) is 11.9. The molecule has 0 spiro atoms. The molecule has 0 atom stereocenters. The maximum Gasteiger partial charge on any atom is 0.252 e. The maximum atomic E-state index is 12.2. The highest BCUT2D eigenvalue weighted by Crippen LogP contribution is 2.67. The number of nitrogens with two attached hydrogens (primary N) is 1. The van der Waals surface area contributed by atoms with Crippen LogP contribution in [-0.2, 0) is 0 Å². The van der Waals surface area contributed by atoms with Crippen molar-refractivity contribution in [2.45, 2.75) is 27.7 Å². The number of carbonyl (C=O) groups excluding carboxylic acids is 1. The molecule has 104 valence electrons. The van der Waals surface area contributed by atoms with Crippen LogP contribution in [0.4, 0.5) is 5.69 Å². The monoisotopic (exact) mass is 324 g/mol. The van der Waals surface area contributed by atoms with Gasteiger partial charge in [0.1, 0.15) is 0 Å². The Balaban J connectivity index is 2.02. The number of halogens is 1. The molecule has 1 fully saturated rings. The molecule has 0 aromatic heterocycles. The molecular formula is C15H21BrN2O. The SMILES string of the molecule is CC1(C)C(CNC(=O)c2cccc(N)c2Br)C1(C)C. The van der Waals surface area contributed by atoms with Gasteiger partial charge in [-0.2, -0.15) is 0 Å². The summed E-state index contributed by atoms with van der Waals surface area (Å²) >= 11 is 3.36. The Morgan fingerprint density at radius 3 is 2.42 bits per heavy atom. The topological polar surface area (TPSA) is 55.1 Å². The van der Waals surface area contributed by atoms with Gasteiger partial charge >= 0.3 is 0 Å². The molecule has 4 heteroatoms. The number of rotatable bonds is 3. The third-order valence-electron chi connectivity index (χ3n) is 5.06. The fraction of sp³-hybridized carbons (Fsp3) is 0.533. The summed E-state index contributed by atoms with van der Waals surface area (Å²) in [6.07, 6.45) is 0. The van der Waals surface area contributed by atoms with Crippen LogP contribution in [-0.4, -0.2) is 12.5 Å². The van der Waals surface area contributed by atoms with Gasteiger partial charge in [-0.25, -0.2) is 0 Å². The van der Waals surface area contributed by atoms with Gasteiger partial charge in [-0.3, -0.25) is 4.79 Å². The summed E-state index contributed by atoms with van der Waals surface area (Å²) in [5.74, 6) is 0.446. The van der Waals surface area contributed by atoms with Gasteiger partial charge in [0.15, 0.2) is 0 Å². The molecule has 3 nitrogen and oxygen atoms in total. The van der Waals surface area contributed by atoms with Crippen LogP contribution >= 0.6 is 15.9 Å². The lowest BCUT2D eigenvalue weighted by Crippen LogP contribution is -2.27. The zero-order valence-corrected chi connectivity index (χ0v) is 13.5. The van der Waals surface area contributed by atoms with E-state index in [-0.39, 0.29) is 16.7 Å². The van der Waals surface area contributed by atoms with Crippen LogP contribution in [0.3, 0.4) is 0 Å². The third kappa shape index (κ3) is 2.27. The van der Waals surface area contributed by atoms with Crippen LogP contribution < -0.4 is 11.1 Å². The van der Waals surface area contributed by atoms with E-state index in [4.69, 9.17) is 5.73 Å². The van der Waals surface area contributed by atoms with Gasteiger partial charge in [-0.15, -0.1) is 0 Å². The van der Waals surface area contributed by atoms with Crippen molar-refractivity contribution in [3.63, 3.8) is 0 Å². The first-order valence-corrected chi connectivity index (χ1v) is 7.31. The first-order valence-electron chi connectivity index (χ1n) is 6.51. The van der Waals surface area contributed by atoms with Crippen LogP contribution in [0.5, 0.6) is 0 Å². The fourth-order valence-electron chi connectivity index (χ4n) is 2.86. The van der Waals surface area contributed by atoms with Gasteiger partial charge in [-0.05, 0) is 44.8 Å². The highest BCUT2D eigenvalue weighted by atomic mass is 79.9. The molecule has 0 bridgehead atoms. The highest BCUT2D eigenvalue weighted by Gasteiger charge is 2.64. The molecule has 1 aliphatic carbocycles. The van der Waals surface area contributed by atoms with Crippen LogP contribution in [0, 0.1) is 16.7 Å². The third-order valence-corrected chi connectivity index (χ3v) is 5.94. The first kappa shape index (κ1) is 14.4. The number of carbonyl (C=O) groups is 1. The van der Waals surface area contributed by atoms with E-state index in [0.29, 0.717) is 28.2 Å². The molecule has 1 aromatic rings. The number of nitrogens with one attached hydrogen (secondary N) is 1. The van der Waals surface area contributed by atoms with Crippen LogP contribution in [0.1, 0.15) is 38.1 Å². The Hall–Kier alpha value is -1.03. The fourth-order valence-corrected chi connectivity index (χ4v) is 3.30. The first-order chi connectivity index (χ1) is 8.69. The number of anilines is 1. The second-order valence-corrected chi connectivity index (χ2v) is 7.21. The average molecular weight is 325 g/mol. The van der Waals surface area contributed by atoms with Crippen LogP contribution in [0.15, 0.2) is 22.7 Å². The normalized spacial score (nSPS) is 20.1. The van der Waals surface area contributed by atoms with Crippen molar-refractivity contribution in [2.75, 3.05) is 12.3 Å². The molecule has 19 heavy (non-hydrogen) atoms. The Labute approximate surface area is 123 Å². The van der Waals surface area contributed by atoms with Crippen molar-refractivity contribution in [1.82, 2.24) is 5.32 Å². The lowest BCUT2D eigenvalue weighted by atomic mass is 10.0. The van der Waals surface area contributed by atoms with Crippen molar-refractivity contribution in [3.05, 3.63) is 28.2 Å². The van der Waals surface area contributed by atoms with Crippen LogP contribution in [0.2, 0.25) is 0 Å². The molecule has 1 saturated carbocycles. The Morgan fingerprint density at radius 1 is 1.32 bits per heavy atom. The number of hydrogen-bond donors (Lipinski definition) is 2. The maximum absolute atomic E-state index is 12.2. The van der Waals surface area contributed by atoms with E-state index >= 15 is 0 Å². The summed E-state index contributed by atoms with van der Waals surface area (Å²) in [6, 6.07) is 5.34. The van der Waals surface area contributed by atoms with Crippen molar-refractivity contribution < 1.29 is 4.79 Å². The summed E-state index contributed by atoms with van der Waals surface area (Å²) in [4.78, 5) is 12.2. The number of amides is 1. The summed E-state index contributed by atoms with van der Waals surface area (Å²) < 4.78 is 0.668. The summed E-state index contributed by atoms with van der Waals surface area (Å²) in [7, 11) is 0. The van der Waals surface area contributed by atoms with E-state index in [9.17, 15) is 4.79 Å². The minimum atomic E-state index is -0.0716. The number of benzene rings is 1. The molecule has 1 aliphatic rings. The minimum absolute atomic E-state index is 0.0716. The Morgan fingerprint density at radius 2 is 1.89 bits per heavy atom. The molecule has 0 saturated heterocycles. The van der Waals surface area contributed by atoms with E-state index in [0.717, 1.165) is 0 Å². The zero-order chi connectivity index (χ0) is 14.4. The molecule has 2 rings (SSSR count). The molecular weight excluding hydrogens is 304 g/mol. The summed E-state index contributed by atoms with van der Waals surface area (Å²) in [5.41, 5.74) is 7.53. The van der Waals surface area contributed by atoms with Gasteiger partial charge in [0, 0.05) is 12.2 Å². The van der Waals surface area contributed by atoms with Gasteiger partial charge in [0.25, 0.3) is 5.91 Å². The van der Waals surface area contributed by atoms with Gasteiger partial charge < -0.3 is 11.1 Å². The predicted octanol–water partition coefficient (Wildman–Crippen LogP) is 3.44. The number of nitrogen functional groups attached to an aromatic ring is 1. The molecule has 0 radical (unpaired) electrons. The Bertz CT molecular complexity index is 509. The average Bonchev–Trinajstić information content (AvgIpc) is 2.70. The van der Waals surface area contributed by atoms with Crippen molar-refractivity contribution in [1.29, 1.82) is 0 Å². The lowest BCUT2D eigenvalue weighted by molar-refractivity contribution is 0.0949. The van der Waals surface area contributed by atoms with Gasteiger partial charge in [-0.1, -0.05) is 33.8 Å². The quantitative estimate of drug-likeness (QED) is 0.837. The molecule has 3 N–H and O–H groups in total. The molecule has 0 unspecified atom stereocenters. The summed E-state index contributed by atoms with van der Waals surface area (Å²) in [5, 5.41) is 3.02. The standard InChI is InChI=1S/C15H21BrN2O/c1-14(2)11(15(14,3)4)8-18-13(19)9-6-5-7-10(17)12(9)16/h5-7,11H,8,17H2,1-4H3,(H,18,19). The second kappa shape index (κ2) is 4.51. The van der Waals surface area contributed by atoms with Crippen molar-refractivity contribution in [2.24, 2.45) is 16.7 Å². The van der Waals surface area contributed by atoms with E-state index in [1.807, 2.05) is 0 Å². The molecule has 0 heterocycles. The number of hydrogen-bond acceptors (Lipinski definition) is 2. The van der Waals surface area contributed by atoms with Crippen molar-refractivity contribution >= 4 is 27.5 Å². The smallest absolute Gasteiger partial charge is 0.252 e.